The summed E-state index contributed by atoms with van der Waals surface area (Å²) in [5.74, 6) is 1.29. The lowest BCUT2D eigenvalue weighted by molar-refractivity contribution is -1.21. The number of allylic oxidation sites excluding steroid dienone is 8. The van der Waals surface area contributed by atoms with Crippen molar-refractivity contribution in [1.82, 2.24) is 0 Å². The van der Waals surface area contributed by atoms with Crippen molar-refractivity contribution in [3.05, 3.63) is 47.3 Å². The maximum absolute atomic E-state index is 2.53. The molecule has 3 saturated heterocycles. The standard InChI is InChI=1S/C23H36N2/c1-17-12-10-14-21(19(17)3)25-15-24(16-25,22(4,5)23(25,6)7)20-13-9-8-11-18(20)2/h8,10-12,14,17,19H,9,13,15-16H2,1-7H3/q+2. The second-order valence-electron chi connectivity index (χ2n) is 10.0. The summed E-state index contributed by atoms with van der Waals surface area (Å²) in [6, 6.07) is 0. The Morgan fingerprint density at radius 1 is 1.00 bits per heavy atom. The van der Waals surface area contributed by atoms with Gasteiger partial charge in [0.2, 0.25) is 13.3 Å². The topological polar surface area (TPSA) is 0 Å². The van der Waals surface area contributed by atoms with Crippen LogP contribution < -0.4 is 0 Å². The molecule has 2 bridgehead atoms. The molecule has 5 rings (SSSR count). The highest BCUT2D eigenvalue weighted by atomic mass is 15.8. The summed E-state index contributed by atoms with van der Waals surface area (Å²) in [4.78, 5) is 0. The predicted octanol–water partition coefficient (Wildman–Crippen LogP) is 5.47. The maximum Gasteiger partial charge on any atom is 0.226 e. The van der Waals surface area contributed by atoms with Gasteiger partial charge in [0.15, 0.2) is 11.1 Å². The molecule has 0 aromatic rings. The number of quaternary nitrogens is 2. The van der Waals surface area contributed by atoms with E-state index in [0.717, 1.165) is 0 Å². The fraction of sp³-hybridized carbons (Fsp3) is 0.652. The Labute approximate surface area is 154 Å². The Morgan fingerprint density at radius 2 is 1.64 bits per heavy atom. The van der Waals surface area contributed by atoms with Gasteiger partial charge in [-0.05, 0) is 53.0 Å². The van der Waals surface area contributed by atoms with Gasteiger partial charge in [-0.1, -0.05) is 38.2 Å². The Morgan fingerprint density at radius 3 is 2.28 bits per heavy atom. The van der Waals surface area contributed by atoms with Crippen LogP contribution in [0.3, 0.4) is 0 Å². The van der Waals surface area contributed by atoms with E-state index in [2.05, 4.69) is 78.8 Å². The normalized spacial score (nSPS) is 43.9. The molecule has 0 N–H and O–H groups in total. The first-order valence-corrected chi connectivity index (χ1v) is 10.1. The second-order valence-corrected chi connectivity index (χ2v) is 10.0. The highest BCUT2D eigenvalue weighted by Gasteiger charge is 2.86. The Kier molecular flexibility index (Phi) is 3.45. The molecule has 0 aromatic carbocycles. The molecule has 3 heterocycles. The quantitative estimate of drug-likeness (QED) is 0.585. The summed E-state index contributed by atoms with van der Waals surface area (Å²) < 4.78 is 2.40. The van der Waals surface area contributed by atoms with Crippen molar-refractivity contribution in [2.75, 3.05) is 13.3 Å². The molecule has 2 atom stereocenters. The molecule has 0 aromatic heterocycles. The van der Waals surface area contributed by atoms with Gasteiger partial charge in [0.1, 0.15) is 11.4 Å². The summed E-state index contributed by atoms with van der Waals surface area (Å²) in [5, 5.41) is 0. The monoisotopic (exact) mass is 340 g/mol. The van der Waals surface area contributed by atoms with Crippen LogP contribution in [0.2, 0.25) is 0 Å². The lowest BCUT2D eigenvalue weighted by atomic mass is 9.79. The molecule has 2 aliphatic carbocycles. The number of rotatable bonds is 2. The van der Waals surface area contributed by atoms with Crippen LogP contribution in [0.25, 0.3) is 0 Å². The van der Waals surface area contributed by atoms with E-state index in [1.165, 1.54) is 40.7 Å². The lowest BCUT2D eigenvalue weighted by Gasteiger charge is -2.54. The highest BCUT2D eigenvalue weighted by molar-refractivity contribution is 5.27. The first kappa shape index (κ1) is 17.3. The van der Waals surface area contributed by atoms with Crippen molar-refractivity contribution in [2.24, 2.45) is 11.8 Å². The molecule has 3 fully saturated rings. The highest BCUT2D eigenvalue weighted by Crippen LogP contribution is 2.65. The van der Waals surface area contributed by atoms with Crippen molar-refractivity contribution in [2.45, 2.75) is 72.4 Å². The largest absolute Gasteiger partial charge is 0.226 e. The van der Waals surface area contributed by atoms with Crippen LogP contribution in [0.1, 0.15) is 61.3 Å². The van der Waals surface area contributed by atoms with Gasteiger partial charge < -0.3 is 0 Å². The zero-order chi connectivity index (χ0) is 18.3. The summed E-state index contributed by atoms with van der Waals surface area (Å²) in [7, 11) is 0. The second kappa shape index (κ2) is 4.98. The zero-order valence-corrected chi connectivity index (χ0v) is 17.3. The number of fused-ring (bicyclic) bond motifs is 1. The van der Waals surface area contributed by atoms with Crippen LogP contribution in [0, 0.1) is 11.8 Å². The van der Waals surface area contributed by atoms with Crippen LogP contribution in [-0.2, 0) is 0 Å². The van der Waals surface area contributed by atoms with Crippen molar-refractivity contribution < 1.29 is 8.97 Å². The molecule has 0 radical (unpaired) electrons. The predicted molar refractivity (Wildman–Crippen MR) is 105 cm³/mol. The Hall–Kier alpha value is -1.12. The van der Waals surface area contributed by atoms with Crippen LogP contribution in [0.15, 0.2) is 47.3 Å². The van der Waals surface area contributed by atoms with Crippen LogP contribution in [-0.4, -0.2) is 33.4 Å². The first-order valence-electron chi connectivity index (χ1n) is 10.1. The Balaban J connectivity index is 1.84. The molecule has 0 amide bonds. The molecule has 3 aliphatic heterocycles. The van der Waals surface area contributed by atoms with Gasteiger partial charge in [-0.3, -0.25) is 0 Å². The van der Waals surface area contributed by atoms with Gasteiger partial charge in [-0.15, -0.1) is 0 Å². The van der Waals surface area contributed by atoms with Crippen molar-refractivity contribution in [3.63, 3.8) is 0 Å². The summed E-state index contributed by atoms with van der Waals surface area (Å²) in [6.45, 7) is 19.8. The fourth-order valence-electron chi connectivity index (χ4n) is 6.31. The number of nitrogens with zero attached hydrogens (tertiary/aromatic N) is 2. The molecule has 2 heteroatoms. The van der Waals surface area contributed by atoms with Gasteiger partial charge in [-0.25, -0.2) is 0 Å². The first-order chi connectivity index (χ1) is 11.6. The number of hydrogen-bond donors (Lipinski definition) is 0. The zero-order valence-electron chi connectivity index (χ0n) is 17.3. The summed E-state index contributed by atoms with van der Waals surface area (Å²) in [6.07, 6.45) is 14.3. The van der Waals surface area contributed by atoms with Gasteiger partial charge in [0.25, 0.3) is 0 Å². The van der Waals surface area contributed by atoms with Gasteiger partial charge in [0, 0.05) is 17.9 Å². The van der Waals surface area contributed by atoms with Crippen molar-refractivity contribution in [3.8, 4) is 0 Å². The van der Waals surface area contributed by atoms with E-state index in [1.807, 2.05) is 0 Å². The molecule has 0 spiro atoms. The molecular weight excluding hydrogens is 304 g/mol. The average Bonchev–Trinajstić information content (AvgIpc) is 2.72. The smallest absolute Gasteiger partial charge is 0.191 e. The molecule has 2 unspecified atom stereocenters. The average molecular weight is 341 g/mol. The third kappa shape index (κ3) is 1.78. The minimum atomic E-state index is 0.242. The van der Waals surface area contributed by atoms with E-state index in [0.29, 0.717) is 11.8 Å². The van der Waals surface area contributed by atoms with E-state index in [-0.39, 0.29) is 11.1 Å². The van der Waals surface area contributed by atoms with E-state index in [1.54, 1.807) is 11.4 Å². The van der Waals surface area contributed by atoms with Crippen molar-refractivity contribution >= 4 is 0 Å². The Bertz CT molecular complexity index is 723. The van der Waals surface area contributed by atoms with Crippen molar-refractivity contribution in [1.29, 1.82) is 0 Å². The molecular formula is C23H36N2+2. The SMILES string of the molecule is CC1=C([N+]23C[N+](C4=CC=CC(C)C4C)(C2)C(C)(C)C3(C)C)CCC=C1. The number of hydrogen-bond acceptors (Lipinski definition) is 0. The van der Waals surface area contributed by atoms with Crippen LogP contribution in [0.5, 0.6) is 0 Å². The minimum Gasteiger partial charge on any atom is -0.191 e. The van der Waals surface area contributed by atoms with Crippen LogP contribution >= 0.6 is 0 Å². The van der Waals surface area contributed by atoms with Gasteiger partial charge >= 0.3 is 0 Å². The molecule has 25 heavy (non-hydrogen) atoms. The third-order valence-corrected chi connectivity index (χ3v) is 8.92. The van der Waals surface area contributed by atoms with E-state index in [4.69, 9.17) is 0 Å². The van der Waals surface area contributed by atoms with Gasteiger partial charge in [-0.2, -0.15) is 8.97 Å². The fourth-order valence-corrected chi connectivity index (χ4v) is 6.31. The van der Waals surface area contributed by atoms with Crippen LogP contribution in [0.4, 0.5) is 0 Å². The van der Waals surface area contributed by atoms with E-state index in [9.17, 15) is 0 Å². The summed E-state index contributed by atoms with van der Waals surface area (Å²) in [5.41, 5.74) is 5.39. The lowest BCUT2D eigenvalue weighted by Crippen LogP contribution is -2.73. The molecule has 5 aliphatic rings. The van der Waals surface area contributed by atoms with E-state index < -0.39 is 0 Å². The molecule has 2 nitrogen and oxygen atoms in total. The summed E-state index contributed by atoms with van der Waals surface area (Å²) >= 11 is 0. The van der Waals surface area contributed by atoms with E-state index >= 15 is 0 Å². The molecule has 0 saturated carbocycles. The maximum atomic E-state index is 2.53. The minimum absolute atomic E-state index is 0.242. The molecule has 136 valence electrons. The van der Waals surface area contributed by atoms with Gasteiger partial charge in [0.05, 0.1) is 0 Å². The third-order valence-electron chi connectivity index (χ3n) is 8.92.